The molecule has 10 radical (unpaired) electrons. The van der Waals surface area contributed by atoms with E-state index < -0.39 is 5.60 Å². The summed E-state index contributed by atoms with van der Waals surface area (Å²) in [6.07, 6.45) is 17.7. The van der Waals surface area contributed by atoms with Crippen LogP contribution in [0, 0.1) is 63.7 Å². The van der Waals surface area contributed by atoms with Crippen LogP contribution in [-0.4, -0.2) is 12.4 Å². The monoisotopic (exact) mass is 424 g/mol. The Morgan fingerprint density at radius 1 is 0.655 bits per heavy atom. The molecule has 2 aromatic carbocycles. The Morgan fingerprint density at radius 3 is 1.55 bits per heavy atom. The first-order chi connectivity index (χ1) is 13.8. The predicted octanol–water partition coefficient (Wildman–Crippen LogP) is 5.12. The first-order valence-corrected chi connectivity index (χ1v) is 9.63. The topological polar surface area (TPSA) is 18.5 Å². The van der Waals surface area contributed by atoms with Gasteiger partial charge in [0, 0.05) is 5.92 Å². The zero-order valence-corrected chi connectivity index (χ0v) is 17.4. The molecule has 0 spiro atoms. The maximum atomic E-state index is 6.56. The largest absolute Gasteiger partial charge is 2.00 e. The second kappa shape index (κ2) is 10.8. The Bertz CT molecular complexity index is 661. The summed E-state index contributed by atoms with van der Waals surface area (Å²) < 4.78 is 12.8. The van der Waals surface area contributed by atoms with Crippen LogP contribution < -0.4 is 0 Å². The van der Waals surface area contributed by atoms with Crippen molar-refractivity contribution in [2.45, 2.75) is 24.9 Å². The molecule has 0 bridgehead atoms. The van der Waals surface area contributed by atoms with Crippen molar-refractivity contribution < 1.29 is 26.5 Å². The first-order valence-electron chi connectivity index (χ1n) is 9.63. The average molecular weight is 424 g/mol. The summed E-state index contributed by atoms with van der Waals surface area (Å²) in [6.45, 7) is 2.09. The summed E-state index contributed by atoms with van der Waals surface area (Å²) in [5, 5.41) is 0. The molecule has 2 nitrogen and oxygen atoms in total. The Labute approximate surface area is 186 Å². The number of hydrogen-bond donors (Lipinski definition) is 0. The van der Waals surface area contributed by atoms with Crippen molar-refractivity contribution >= 4 is 0 Å². The zero-order valence-electron chi connectivity index (χ0n) is 16.3. The number of hydrogen-bond acceptors (Lipinski definition) is 2. The predicted molar refractivity (Wildman–Crippen MR) is 111 cm³/mol. The van der Waals surface area contributed by atoms with E-state index >= 15 is 0 Å². The van der Waals surface area contributed by atoms with Crippen molar-refractivity contribution in [1.82, 2.24) is 0 Å². The molecule has 2 aliphatic carbocycles. The van der Waals surface area contributed by atoms with Crippen molar-refractivity contribution in [1.29, 1.82) is 0 Å². The Balaban J connectivity index is 0.000000352. The van der Waals surface area contributed by atoms with Crippen LogP contribution in [0.3, 0.4) is 0 Å². The van der Waals surface area contributed by atoms with Crippen LogP contribution in [0.1, 0.15) is 18.1 Å². The van der Waals surface area contributed by atoms with E-state index in [0.717, 1.165) is 17.0 Å². The molecular weight excluding hydrogens is 400 g/mol. The minimum Gasteiger partial charge on any atom is -0.345 e. The summed E-state index contributed by atoms with van der Waals surface area (Å²) in [7, 11) is 0. The molecule has 146 valence electrons. The quantitative estimate of drug-likeness (QED) is 0.638. The van der Waals surface area contributed by atoms with Gasteiger partial charge in [0.2, 0.25) is 0 Å². The maximum Gasteiger partial charge on any atom is 2.00 e. The van der Waals surface area contributed by atoms with Crippen molar-refractivity contribution in [2.24, 2.45) is 0 Å². The minimum absolute atomic E-state index is 0. The summed E-state index contributed by atoms with van der Waals surface area (Å²) in [6, 6.07) is 20.7. The number of rotatable bonds is 3. The van der Waals surface area contributed by atoms with Gasteiger partial charge in [-0.25, -0.2) is 0 Å². The van der Waals surface area contributed by atoms with Crippen molar-refractivity contribution in [3.63, 3.8) is 0 Å². The zero-order chi connectivity index (χ0) is 19.2. The third-order valence-corrected chi connectivity index (χ3v) is 5.11. The summed E-state index contributed by atoms with van der Waals surface area (Å²) in [5.41, 5.74) is 1.64. The molecule has 0 aromatic heterocycles. The molecule has 0 N–H and O–H groups in total. The van der Waals surface area contributed by atoms with Gasteiger partial charge in [-0.15, -0.1) is 0 Å². The van der Waals surface area contributed by atoms with Gasteiger partial charge in [0.1, 0.15) is 5.60 Å². The van der Waals surface area contributed by atoms with E-state index in [1.807, 2.05) is 94.2 Å². The van der Waals surface area contributed by atoms with Gasteiger partial charge in [-0.1, -0.05) is 60.7 Å². The Morgan fingerprint density at radius 2 is 1.10 bits per heavy atom. The van der Waals surface area contributed by atoms with Gasteiger partial charge in [0.25, 0.3) is 0 Å². The number of ether oxygens (including phenoxy) is 2. The molecule has 1 heterocycles. The van der Waals surface area contributed by atoms with E-state index in [-0.39, 0.29) is 29.5 Å². The van der Waals surface area contributed by atoms with Crippen LogP contribution >= 0.6 is 0 Å². The second-order valence-electron chi connectivity index (χ2n) is 6.88. The molecule has 1 saturated heterocycles. The van der Waals surface area contributed by atoms with E-state index in [2.05, 4.69) is 31.2 Å². The molecule has 1 unspecified atom stereocenters. The van der Waals surface area contributed by atoms with Gasteiger partial charge in [0.05, 0.1) is 6.10 Å². The molecule has 29 heavy (non-hydrogen) atoms. The van der Waals surface area contributed by atoms with Gasteiger partial charge in [-0.3, -0.25) is 0 Å². The van der Waals surface area contributed by atoms with Gasteiger partial charge in [-0.2, -0.15) is 0 Å². The fourth-order valence-electron chi connectivity index (χ4n) is 3.73. The van der Waals surface area contributed by atoms with E-state index in [4.69, 9.17) is 9.47 Å². The second-order valence-corrected chi connectivity index (χ2v) is 6.88. The van der Waals surface area contributed by atoms with Crippen LogP contribution in [-0.2, 0) is 32.1 Å². The number of benzene rings is 2. The molecule has 3 fully saturated rings. The van der Waals surface area contributed by atoms with Crippen molar-refractivity contribution in [3.8, 4) is 0 Å². The smallest absolute Gasteiger partial charge is 0.345 e. The van der Waals surface area contributed by atoms with Crippen molar-refractivity contribution in [2.75, 3.05) is 0 Å². The van der Waals surface area contributed by atoms with E-state index in [0.29, 0.717) is 0 Å². The van der Waals surface area contributed by atoms with Gasteiger partial charge < -0.3 is 9.47 Å². The maximum absolute atomic E-state index is 6.56. The molecule has 2 aromatic rings. The molecule has 2 saturated carbocycles. The van der Waals surface area contributed by atoms with Gasteiger partial charge >= 0.3 is 17.1 Å². The Hall–Kier alpha value is -1.12. The standard InChI is InChI=1S/C21H19O2.C5H5.Fe/c1-16-21(18-12-4-2-5-13-18,19-14-6-3-7-15-19)23-20(22-16)17-10-8-9-11-17;1-2-4-5-3-1;/h2-16,20H,1H3;1-5H;/q;;+2/t16-,20?;;/m0../s1. The molecule has 0 amide bonds. The molecule has 2 atom stereocenters. The molecule has 1 aliphatic heterocycles. The van der Waals surface area contributed by atoms with Crippen LogP contribution in [0.15, 0.2) is 60.7 Å². The van der Waals surface area contributed by atoms with E-state index in [1.54, 1.807) is 0 Å². The van der Waals surface area contributed by atoms with Crippen LogP contribution in [0.5, 0.6) is 0 Å². The third kappa shape index (κ3) is 4.97. The summed E-state index contributed by atoms with van der Waals surface area (Å²) in [4.78, 5) is 0. The minimum atomic E-state index is -0.593. The van der Waals surface area contributed by atoms with E-state index in [1.165, 1.54) is 0 Å². The van der Waals surface area contributed by atoms with Crippen LogP contribution in [0.2, 0.25) is 0 Å². The van der Waals surface area contributed by atoms with Gasteiger partial charge in [-0.05, 0) is 75.8 Å². The molecule has 3 aliphatic rings. The molecule has 3 heteroatoms. The normalized spacial score (nSPS) is 25.8. The Kier molecular flexibility index (Phi) is 8.38. The fraction of sp³-hybridized carbons (Fsp3) is 0.154. The summed E-state index contributed by atoms with van der Waals surface area (Å²) in [5.74, 6) is 1.06. The molecule has 5 rings (SSSR count). The third-order valence-electron chi connectivity index (χ3n) is 5.11. The van der Waals surface area contributed by atoms with E-state index in [9.17, 15) is 0 Å². The average Bonchev–Trinajstić information content (AvgIpc) is 3.52. The molecular formula is C26H24FeO2+2. The first kappa shape index (κ1) is 22.6. The fourth-order valence-corrected chi connectivity index (χ4v) is 3.73. The van der Waals surface area contributed by atoms with Gasteiger partial charge in [0.15, 0.2) is 6.29 Å². The van der Waals surface area contributed by atoms with Crippen LogP contribution in [0.25, 0.3) is 0 Å². The summed E-state index contributed by atoms with van der Waals surface area (Å²) >= 11 is 0. The SMILES string of the molecule is C[C@@H]1OC([C]2[CH][CH][CH][CH]2)OC1(c1ccccc1)c1ccccc1.[CH]1[CH][CH][CH][CH]1.[Fe+2]. The van der Waals surface area contributed by atoms with Crippen LogP contribution in [0.4, 0.5) is 0 Å². The van der Waals surface area contributed by atoms with Crippen molar-refractivity contribution in [3.05, 3.63) is 135 Å².